The fourth-order valence-electron chi connectivity index (χ4n) is 2.84. The van der Waals surface area contributed by atoms with Crippen molar-refractivity contribution in [3.63, 3.8) is 0 Å². The summed E-state index contributed by atoms with van der Waals surface area (Å²) in [7, 11) is 0. The Labute approximate surface area is 188 Å². The SMILES string of the molecule is Cc1ccccc1C(=N)OC(=[NH2+])Cc1ccc(Cl)c(Oc2cc(Cl)cc(C#N)c2)c1F. The summed E-state index contributed by atoms with van der Waals surface area (Å²) in [6.07, 6.45) is -0.105. The number of nitriles is 1. The Hall–Kier alpha value is -3.40. The van der Waals surface area contributed by atoms with E-state index in [-0.39, 0.29) is 50.9 Å². The van der Waals surface area contributed by atoms with Crippen LogP contribution in [0, 0.1) is 29.5 Å². The normalized spacial score (nSPS) is 10.3. The average molecular weight is 457 g/mol. The molecule has 3 rings (SSSR count). The number of benzene rings is 3. The molecule has 3 aromatic carbocycles. The second-order valence-electron chi connectivity index (χ2n) is 6.63. The molecular formula is C23H17Cl2FN3O2+. The molecule has 0 aromatic heterocycles. The van der Waals surface area contributed by atoms with Gasteiger partial charge in [0.25, 0.3) is 0 Å². The Morgan fingerprint density at radius 2 is 1.90 bits per heavy atom. The second-order valence-corrected chi connectivity index (χ2v) is 7.47. The molecule has 0 saturated heterocycles. The lowest BCUT2D eigenvalue weighted by atomic mass is 10.1. The fraction of sp³-hybridized carbons (Fsp3) is 0.0870. The van der Waals surface area contributed by atoms with Crippen LogP contribution in [0.4, 0.5) is 4.39 Å². The number of hydrogen-bond acceptors (Lipinski definition) is 4. The molecule has 0 fully saturated rings. The van der Waals surface area contributed by atoms with Crippen LogP contribution in [-0.4, -0.2) is 11.8 Å². The molecule has 0 heterocycles. The van der Waals surface area contributed by atoms with E-state index in [4.69, 9.17) is 48.8 Å². The Morgan fingerprint density at radius 3 is 2.61 bits per heavy atom. The summed E-state index contributed by atoms with van der Waals surface area (Å²) < 4.78 is 26.1. The Bertz CT molecular complexity index is 1220. The van der Waals surface area contributed by atoms with Crippen LogP contribution >= 0.6 is 23.2 Å². The summed E-state index contributed by atoms with van der Waals surface area (Å²) in [5.41, 5.74) is 1.86. The number of halogens is 3. The van der Waals surface area contributed by atoms with Crippen molar-refractivity contribution in [2.24, 2.45) is 0 Å². The van der Waals surface area contributed by atoms with Crippen LogP contribution in [0.5, 0.6) is 11.5 Å². The molecule has 31 heavy (non-hydrogen) atoms. The standard InChI is InChI=1S/C23H16Cl2FN3O2/c1-13-4-2-3-5-18(13)23(29)31-20(28)10-15-6-7-19(25)22(21(15)26)30-17-9-14(12-27)8-16(24)11-17/h2-9,11,28-29H,10H2,1H3/p+1. The maximum atomic E-state index is 15.1. The summed E-state index contributed by atoms with van der Waals surface area (Å²) >= 11 is 12.1. The highest BCUT2D eigenvalue weighted by atomic mass is 35.5. The molecule has 3 aromatic rings. The number of nitrogens with zero attached hydrogens (tertiary/aromatic N) is 1. The zero-order valence-electron chi connectivity index (χ0n) is 16.4. The van der Waals surface area contributed by atoms with Crippen molar-refractivity contribution in [2.75, 3.05) is 0 Å². The van der Waals surface area contributed by atoms with E-state index in [1.165, 1.54) is 30.3 Å². The first kappa shape index (κ1) is 22.3. The van der Waals surface area contributed by atoms with Crippen molar-refractivity contribution in [1.82, 2.24) is 0 Å². The molecule has 0 saturated carbocycles. The van der Waals surface area contributed by atoms with Gasteiger partial charge in [0, 0.05) is 16.1 Å². The number of ether oxygens (including phenoxy) is 2. The number of hydrogen-bond donors (Lipinski definition) is 2. The van der Waals surface area contributed by atoms with E-state index < -0.39 is 5.82 Å². The van der Waals surface area contributed by atoms with Gasteiger partial charge in [-0.3, -0.25) is 5.41 Å². The zero-order chi connectivity index (χ0) is 22.5. The highest BCUT2D eigenvalue weighted by molar-refractivity contribution is 6.32. The van der Waals surface area contributed by atoms with Gasteiger partial charge < -0.3 is 9.47 Å². The summed E-state index contributed by atoms with van der Waals surface area (Å²) in [5, 5.41) is 23.4. The molecule has 0 unspecified atom stereocenters. The first-order valence-corrected chi connectivity index (χ1v) is 9.83. The smallest absolute Gasteiger partial charge is 0.344 e. The average Bonchev–Trinajstić information content (AvgIpc) is 2.73. The van der Waals surface area contributed by atoms with Crippen molar-refractivity contribution >= 4 is 35.0 Å². The summed E-state index contributed by atoms with van der Waals surface area (Å²) in [6.45, 7) is 1.85. The molecular weight excluding hydrogens is 440 g/mol. The molecule has 0 spiro atoms. The Morgan fingerprint density at radius 1 is 1.16 bits per heavy atom. The third-order valence-electron chi connectivity index (χ3n) is 4.34. The molecule has 5 nitrogen and oxygen atoms in total. The van der Waals surface area contributed by atoms with Gasteiger partial charge in [-0.2, -0.15) is 5.26 Å². The van der Waals surface area contributed by atoms with Crippen LogP contribution in [0.3, 0.4) is 0 Å². The second kappa shape index (κ2) is 9.61. The molecule has 0 aliphatic heterocycles. The van der Waals surface area contributed by atoms with E-state index in [1.54, 1.807) is 12.1 Å². The molecule has 8 heteroatoms. The zero-order valence-corrected chi connectivity index (χ0v) is 17.9. The fourth-order valence-corrected chi connectivity index (χ4v) is 3.25. The predicted octanol–water partition coefficient (Wildman–Crippen LogP) is 4.85. The number of rotatable bonds is 5. The van der Waals surface area contributed by atoms with Gasteiger partial charge in [-0.25, -0.2) is 9.80 Å². The minimum absolute atomic E-state index is 0.0341. The van der Waals surface area contributed by atoms with Crippen molar-refractivity contribution in [2.45, 2.75) is 13.3 Å². The minimum atomic E-state index is -0.736. The maximum absolute atomic E-state index is 15.1. The van der Waals surface area contributed by atoms with Crippen molar-refractivity contribution in [3.05, 3.63) is 92.7 Å². The van der Waals surface area contributed by atoms with E-state index >= 15 is 4.39 Å². The number of aryl methyl sites for hydroxylation is 1. The monoisotopic (exact) mass is 456 g/mol. The highest BCUT2D eigenvalue weighted by Crippen LogP contribution is 2.35. The van der Waals surface area contributed by atoms with E-state index in [0.29, 0.717) is 5.56 Å². The number of nitrogens with two attached hydrogens (primary N) is 1. The van der Waals surface area contributed by atoms with Crippen LogP contribution in [0.25, 0.3) is 0 Å². The lowest BCUT2D eigenvalue weighted by molar-refractivity contribution is -0.134. The van der Waals surface area contributed by atoms with E-state index in [1.807, 2.05) is 25.1 Å². The van der Waals surface area contributed by atoms with Crippen LogP contribution in [0.15, 0.2) is 54.6 Å². The summed E-state index contributed by atoms with van der Waals surface area (Å²) in [5.74, 6) is -0.997. The van der Waals surface area contributed by atoms with Gasteiger partial charge in [0.2, 0.25) is 5.90 Å². The summed E-state index contributed by atoms with van der Waals surface area (Å²) in [6, 6.07) is 16.4. The first-order chi connectivity index (χ1) is 14.8. The van der Waals surface area contributed by atoms with Crippen molar-refractivity contribution in [3.8, 4) is 17.6 Å². The van der Waals surface area contributed by atoms with Gasteiger partial charge in [0.1, 0.15) is 5.75 Å². The van der Waals surface area contributed by atoms with E-state index in [9.17, 15) is 0 Å². The third-order valence-corrected chi connectivity index (χ3v) is 4.85. The predicted molar refractivity (Wildman–Crippen MR) is 117 cm³/mol. The molecule has 3 N–H and O–H groups in total. The van der Waals surface area contributed by atoms with Gasteiger partial charge in [-0.1, -0.05) is 47.5 Å². The van der Waals surface area contributed by atoms with Gasteiger partial charge in [0.15, 0.2) is 11.6 Å². The van der Waals surface area contributed by atoms with Crippen LogP contribution in [0.2, 0.25) is 10.0 Å². The molecule has 0 bridgehead atoms. The lowest BCUT2D eigenvalue weighted by Gasteiger charge is -2.12. The van der Waals surface area contributed by atoms with Crippen LogP contribution in [-0.2, 0) is 11.2 Å². The highest BCUT2D eigenvalue weighted by Gasteiger charge is 2.20. The molecule has 0 amide bonds. The summed E-state index contributed by atoms with van der Waals surface area (Å²) in [4.78, 5) is 0. The van der Waals surface area contributed by atoms with Gasteiger partial charge in [-0.05, 0) is 42.8 Å². The van der Waals surface area contributed by atoms with Crippen molar-refractivity contribution in [1.29, 1.82) is 10.7 Å². The van der Waals surface area contributed by atoms with E-state index in [0.717, 1.165) is 5.56 Å². The topological polar surface area (TPSA) is 91.7 Å². The minimum Gasteiger partial charge on any atom is -0.453 e. The van der Waals surface area contributed by atoms with Gasteiger partial charge in [-0.15, -0.1) is 0 Å². The van der Waals surface area contributed by atoms with Crippen LogP contribution < -0.4 is 10.1 Å². The Kier molecular flexibility index (Phi) is 6.91. The molecule has 0 radical (unpaired) electrons. The Balaban J connectivity index is 1.80. The molecule has 0 aliphatic carbocycles. The largest absolute Gasteiger partial charge is 0.453 e. The first-order valence-electron chi connectivity index (χ1n) is 9.07. The molecule has 156 valence electrons. The lowest BCUT2D eigenvalue weighted by Crippen LogP contribution is -2.44. The third kappa shape index (κ3) is 5.40. The quantitative estimate of drug-likeness (QED) is 0.424. The molecule has 0 atom stereocenters. The van der Waals surface area contributed by atoms with Crippen LogP contribution in [0.1, 0.15) is 22.3 Å². The molecule has 0 aliphatic rings. The maximum Gasteiger partial charge on any atom is 0.344 e. The number of nitrogens with one attached hydrogen (secondary N) is 1. The van der Waals surface area contributed by atoms with Gasteiger partial charge in [0.05, 0.1) is 23.1 Å². The van der Waals surface area contributed by atoms with Gasteiger partial charge >= 0.3 is 5.90 Å². The van der Waals surface area contributed by atoms with Crippen molar-refractivity contribution < 1.29 is 19.3 Å². The van der Waals surface area contributed by atoms with E-state index in [2.05, 4.69) is 0 Å².